The molecular formula is C56H89N15O10. The zero-order chi connectivity index (χ0) is 59.5. The van der Waals surface area contributed by atoms with E-state index in [1.165, 1.54) is 16.0 Å². The first-order valence-electron chi connectivity index (χ1n) is 28.9. The van der Waals surface area contributed by atoms with E-state index in [4.69, 9.17) is 11.5 Å². The first-order chi connectivity index (χ1) is 38.5. The van der Waals surface area contributed by atoms with Gasteiger partial charge >= 0.3 is 0 Å². The van der Waals surface area contributed by atoms with Gasteiger partial charge in [-0.2, -0.15) is 15.4 Å². The van der Waals surface area contributed by atoms with E-state index in [1.807, 2.05) is 33.8 Å². The Balaban J connectivity index is 1.58. The summed E-state index contributed by atoms with van der Waals surface area (Å²) in [5, 5.41) is 33.1. The molecule has 5 rings (SSSR count). The summed E-state index contributed by atoms with van der Waals surface area (Å²) in [6.07, 6.45) is 3.50. The molecule has 0 aliphatic carbocycles. The van der Waals surface area contributed by atoms with Crippen LogP contribution in [-0.2, 0) is 60.8 Å². The lowest BCUT2D eigenvalue weighted by Crippen LogP contribution is -2.62. The SMILES string of the molecule is CC(C)C[C@@H]1NC(=O)[C@H](CCCN)NC(=O)[C@H](C(C)C)NC(=O)[C@@H]2CCCN2C(=O)[C@@H](Cc2cn[nH]n2)NC(=O)[C@H](CC(C)C)NC(=O)[C@@H](CCCN)NC(=O)[C@H](C(C)C)NC(=O)[C@@H]2CCCN2C(=O)[C@@H](Cc2ccccc2)NC1=O. The molecule has 0 bridgehead atoms. The van der Waals surface area contributed by atoms with Gasteiger partial charge in [-0.25, -0.2) is 0 Å². The lowest BCUT2D eigenvalue weighted by Gasteiger charge is -2.33. The number of carbonyl (C=O) groups excluding carboxylic acids is 10. The molecule has 0 saturated carbocycles. The summed E-state index contributed by atoms with van der Waals surface area (Å²) in [4.78, 5) is 148. The number of aromatic nitrogens is 3. The van der Waals surface area contributed by atoms with Gasteiger partial charge in [0.1, 0.15) is 60.4 Å². The molecule has 25 heteroatoms. The van der Waals surface area contributed by atoms with E-state index in [0.29, 0.717) is 36.9 Å². The van der Waals surface area contributed by atoms with Crippen molar-refractivity contribution < 1.29 is 47.9 Å². The number of nitrogens with two attached hydrogens (primary N) is 2. The molecule has 1 aromatic carbocycles. The Hall–Kier alpha value is -7.02. The Labute approximate surface area is 475 Å². The molecule has 0 spiro atoms. The quantitative estimate of drug-likeness (QED) is 0.0996. The fourth-order valence-corrected chi connectivity index (χ4v) is 10.6. The summed E-state index contributed by atoms with van der Waals surface area (Å²) < 4.78 is 0. The molecule has 13 N–H and O–H groups in total. The average Bonchev–Trinajstić information content (AvgIpc) is 4.41. The van der Waals surface area contributed by atoms with E-state index in [2.05, 4.69) is 57.9 Å². The van der Waals surface area contributed by atoms with Gasteiger partial charge in [0.2, 0.25) is 59.1 Å². The minimum atomic E-state index is -1.32. The molecule has 3 saturated heterocycles. The Morgan fingerprint density at radius 1 is 0.494 bits per heavy atom. The summed E-state index contributed by atoms with van der Waals surface area (Å²) in [5.41, 5.74) is 12.8. The van der Waals surface area contributed by atoms with Crippen molar-refractivity contribution in [3.8, 4) is 0 Å². The second-order valence-electron chi connectivity index (χ2n) is 23.2. The summed E-state index contributed by atoms with van der Waals surface area (Å²) in [5.74, 6) is -8.05. The van der Waals surface area contributed by atoms with Crippen LogP contribution in [0.5, 0.6) is 0 Å². The van der Waals surface area contributed by atoms with Crippen molar-refractivity contribution in [2.45, 2.75) is 193 Å². The molecular weight excluding hydrogens is 1040 g/mol. The Morgan fingerprint density at radius 3 is 1.27 bits per heavy atom. The van der Waals surface area contributed by atoms with E-state index in [1.54, 1.807) is 52.0 Å². The first-order valence-corrected chi connectivity index (χ1v) is 28.9. The van der Waals surface area contributed by atoms with Gasteiger partial charge in [-0.05, 0) is 107 Å². The third kappa shape index (κ3) is 18.8. The topological polar surface area (TPSA) is 367 Å². The third-order valence-corrected chi connectivity index (χ3v) is 14.9. The molecule has 448 valence electrons. The molecule has 3 aliphatic heterocycles. The van der Waals surface area contributed by atoms with Gasteiger partial charge in [-0.1, -0.05) is 85.7 Å². The number of hydrogen-bond acceptors (Lipinski definition) is 14. The maximum atomic E-state index is 14.9. The molecule has 25 nitrogen and oxygen atoms in total. The lowest BCUT2D eigenvalue weighted by atomic mass is 9.99. The van der Waals surface area contributed by atoms with Crippen molar-refractivity contribution >= 4 is 59.1 Å². The lowest BCUT2D eigenvalue weighted by molar-refractivity contribution is -0.143. The Kier molecular flexibility index (Phi) is 25.0. The van der Waals surface area contributed by atoms with E-state index in [0.717, 1.165) is 0 Å². The smallest absolute Gasteiger partial charge is 0.246 e. The molecule has 10 atom stereocenters. The standard InChI is InChI=1S/C56H89N15O10/c1-31(2)26-39-49(74)64-41(28-35-16-10-9-11-17-35)55(80)70-24-14-20-43(70)51(76)66-45(33(5)6)53(78)61-38(19-13-23-58)48(73)63-40(27-32(3)4)50(75)65-42(29-36-30-59-69-68-36)56(81)71-25-15-21-44(71)52(77)67-46(34(7)8)54(79)60-37(18-12-22-57)47(72)62-39/h9-11,16-17,30-34,37-46H,12-15,18-29,57-58H2,1-8H3,(H,60,79)(H,61,78)(H,62,72)(H,63,73)(H,64,74)(H,65,75)(H,66,76)(H,67,77)(H,59,68,69)/t37-,38+,39-,40-,41+,42+,43-,44-,45-,46-/m0/s1. The highest BCUT2D eigenvalue weighted by molar-refractivity contribution is 6.00. The minimum Gasteiger partial charge on any atom is -0.343 e. The zero-order valence-corrected chi connectivity index (χ0v) is 48.4. The average molecular weight is 1130 g/mol. The van der Waals surface area contributed by atoms with Crippen molar-refractivity contribution in [3.05, 3.63) is 47.8 Å². The number of H-pyrrole nitrogens is 1. The van der Waals surface area contributed by atoms with Crippen molar-refractivity contribution in [1.82, 2.24) is 67.7 Å². The molecule has 2 aromatic rings. The van der Waals surface area contributed by atoms with Crippen LogP contribution in [0.15, 0.2) is 36.5 Å². The van der Waals surface area contributed by atoms with Gasteiger partial charge in [-0.3, -0.25) is 47.9 Å². The zero-order valence-electron chi connectivity index (χ0n) is 48.4. The van der Waals surface area contributed by atoms with Crippen LogP contribution in [0.1, 0.15) is 131 Å². The number of benzene rings is 1. The third-order valence-electron chi connectivity index (χ3n) is 14.9. The molecule has 10 amide bonds. The number of rotatable bonds is 16. The second-order valence-corrected chi connectivity index (χ2v) is 23.2. The first kappa shape index (κ1) is 64.8. The van der Waals surface area contributed by atoms with Crippen molar-refractivity contribution in [3.63, 3.8) is 0 Å². The number of carbonyl (C=O) groups is 10. The number of aromatic amines is 1. The van der Waals surface area contributed by atoms with Crippen molar-refractivity contribution in [1.29, 1.82) is 0 Å². The van der Waals surface area contributed by atoms with Crippen LogP contribution in [0.2, 0.25) is 0 Å². The van der Waals surface area contributed by atoms with E-state index >= 15 is 0 Å². The molecule has 1 aromatic heterocycles. The van der Waals surface area contributed by atoms with Crippen molar-refractivity contribution in [2.24, 2.45) is 35.1 Å². The summed E-state index contributed by atoms with van der Waals surface area (Å²) in [6.45, 7) is 14.9. The fraction of sp³-hybridized carbons (Fsp3) is 0.679. The summed E-state index contributed by atoms with van der Waals surface area (Å²) >= 11 is 0. The largest absolute Gasteiger partial charge is 0.343 e. The highest BCUT2D eigenvalue weighted by Crippen LogP contribution is 2.23. The molecule has 4 heterocycles. The normalized spacial score (nSPS) is 26.8. The maximum Gasteiger partial charge on any atom is 0.246 e. The van der Waals surface area contributed by atoms with E-state index in [-0.39, 0.29) is 89.4 Å². The van der Waals surface area contributed by atoms with Crippen molar-refractivity contribution in [2.75, 3.05) is 26.2 Å². The van der Waals surface area contributed by atoms with Crippen LogP contribution < -0.4 is 54.0 Å². The highest BCUT2D eigenvalue weighted by atomic mass is 16.2. The van der Waals surface area contributed by atoms with Crippen LogP contribution >= 0.6 is 0 Å². The van der Waals surface area contributed by atoms with Gasteiger partial charge in [0.15, 0.2) is 0 Å². The predicted molar refractivity (Wildman–Crippen MR) is 300 cm³/mol. The second kappa shape index (κ2) is 31.3. The van der Waals surface area contributed by atoms with Crippen LogP contribution in [0.4, 0.5) is 0 Å². The van der Waals surface area contributed by atoms with Crippen LogP contribution in [-0.4, -0.2) is 171 Å². The summed E-state index contributed by atoms with van der Waals surface area (Å²) in [7, 11) is 0. The highest BCUT2D eigenvalue weighted by Gasteiger charge is 2.43. The van der Waals surface area contributed by atoms with Crippen LogP contribution in [0.25, 0.3) is 0 Å². The number of nitrogens with zero attached hydrogens (tertiary/aromatic N) is 4. The number of fused-ring (bicyclic) bond motifs is 2. The fourth-order valence-electron chi connectivity index (χ4n) is 10.6. The molecule has 0 radical (unpaired) electrons. The number of hydrogen-bond donors (Lipinski definition) is 11. The maximum absolute atomic E-state index is 14.9. The Morgan fingerprint density at radius 2 is 0.889 bits per heavy atom. The monoisotopic (exact) mass is 1130 g/mol. The minimum absolute atomic E-state index is 0.0230. The summed E-state index contributed by atoms with van der Waals surface area (Å²) in [6, 6.07) is -2.99. The van der Waals surface area contributed by atoms with Crippen LogP contribution in [0, 0.1) is 23.7 Å². The molecule has 3 aliphatic rings. The number of nitrogens with one attached hydrogen (secondary N) is 9. The van der Waals surface area contributed by atoms with E-state index in [9.17, 15) is 47.9 Å². The van der Waals surface area contributed by atoms with Gasteiger partial charge in [0, 0.05) is 25.9 Å². The molecule has 81 heavy (non-hydrogen) atoms. The Bertz CT molecular complexity index is 2460. The van der Waals surface area contributed by atoms with Gasteiger partial charge in [-0.15, -0.1) is 0 Å². The predicted octanol–water partition coefficient (Wildman–Crippen LogP) is -0.654. The number of amides is 10. The van der Waals surface area contributed by atoms with E-state index < -0.39 is 131 Å². The van der Waals surface area contributed by atoms with Gasteiger partial charge < -0.3 is 63.8 Å². The van der Waals surface area contributed by atoms with Crippen LogP contribution in [0.3, 0.4) is 0 Å². The van der Waals surface area contributed by atoms with Gasteiger partial charge in [0.25, 0.3) is 0 Å². The van der Waals surface area contributed by atoms with Gasteiger partial charge in [0.05, 0.1) is 11.9 Å². The molecule has 3 fully saturated rings. The molecule has 0 unspecified atom stereocenters.